The molecule has 0 aliphatic carbocycles. The highest BCUT2D eigenvalue weighted by Crippen LogP contribution is 2.39. The second kappa shape index (κ2) is 6.84. The molecule has 6 heteroatoms. The number of hydrogen-bond donors (Lipinski definition) is 1. The van der Waals surface area contributed by atoms with Crippen LogP contribution in [-0.2, 0) is 4.79 Å². The summed E-state index contributed by atoms with van der Waals surface area (Å²) >= 11 is 0. The third kappa shape index (κ3) is 3.29. The minimum absolute atomic E-state index is 0.0898. The fourth-order valence-electron chi connectivity index (χ4n) is 1.70. The van der Waals surface area contributed by atoms with E-state index in [0.29, 0.717) is 29.5 Å². The molecule has 2 N–H and O–H groups in total. The summed E-state index contributed by atoms with van der Waals surface area (Å²) in [6.07, 6.45) is 0.272. The molecule has 0 atom stereocenters. The molecule has 0 bridgehead atoms. The van der Waals surface area contributed by atoms with Crippen molar-refractivity contribution in [3.63, 3.8) is 0 Å². The van der Waals surface area contributed by atoms with Crippen molar-refractivity contribution in [1.29, 1.82) is 0 Å². The molecule has 0 heterocycles. The van der Waals surface area contributed by atoms with Gasteiger partial charge >= 0.3 is 0 Å². The minimum atomic E-state index is -0.0898. The Bertz CT molecular complexity index is 449. The smallest absolute Gasteiger partial charge is 0.228 e. The zero-order valence-electron chi connectivity index (χ0n) is 11.7. The number of carbonyl (C=O) groups excluding carboxylic acids is 1. The summed E-state index contributed by atoms with van der Waals surface area (Å²) < 4.78 is 15.7. The quantitative estimate of drug-likeness (QED) is 0.834. The number of nitrogens with two attached hydrogens (primary N) is 1. The lowest BCUT2D eigenvalue weighted by atomic mass is 10.2. The van der Waals surface area contributed by atoms with E-state index in [9.17, 15) is 4.79 Å². The molecular formula is C13H20N2O4. The lowest BCUT2D eigenvalue weighted by Gasteiger charge is -2.21. The van der Waals surface area contributed by atoms with Gasteiger partial charge in [-0.3, -0.25) is 4.79 Å². The third-order valence-corrected chi connectivity index (χ3v) is 2.78. The topological polar surface area (TPSA) is 74.0 Å². The lowest BCUT2D eigenvalue weighted by molar-refractivity contribution is -0.118. The Morgan fingerprint density at radius 1 is 1.11 bits per heavy atom. The molecule has 106 valence electrons. The second-order valence-corrected chi connectivity index (χ2v) is 3.87. The van der Waals surface area contributed by atoms with E-state index in [2.05, 4.69) is 0 Å². The van der Waals surface area contributed by atoms with Gasteiger partial charge in [-0.2, -0.15) is 0 Å². The Morgan fingerprint density at radius 2 is 1.63 bits per heavy atom. The Kier molecular flexibility index (Phi) is 5.44. The van der Waals surface area contributed by atoms with Crippen LogP contribution < -0.4 is 24.8 Å². The van der Waals surface area contributed by atoms with Crippen LogP contribution in [0.4, 0.5) is 5.69 Å². The molecule has 1 rings (SSSR count). The van der Waals surface area contributed by atoms with Crippen molar-refractivity contribution in [1.82, 2.24) is 0 Å². The largest absolute Gasteiger partial charge is 0.494 e. The van der Waals surface area contributed by atoms with Crippen molar-refractivity contribution in [3.8, 4) is 17.2 Å². The van der Waals surface area contributed by atoms with E-state index in [1.165, 1.54) is 19.1 Å². The van der Waals surface area contributed by atoms with Gasteiger partial charge < -0.3 is 24.8 Å². The molecule has 1 aromatic rings. The van der Waals surface area contributed by atoms with Gasteiger partial charge in [-0.15, -0.1) is 0 Å². The number of amides is 1. The summed E-state index contributed by atoms with van der Waals surface area (Å²) in [6.45, 7) is 0.304. The number of methoxy groups -OCH3 is 3. The first-order valence-electron chi connectivity index (χ1n) is 5.85. The Hall–Kier alpha value is -1.95. The van der Waals surface area contributed by atoms with Gasteiger partial charge in [0.2, 0.25) is 5.91 Å². The predicted octanol–water partition coefficient (Wildman–Crippen LogP) is 1.02. The Labute approximate surface area is 113 Å². The molecule has 19 heavy (non-hydrogen) atoms. The van der Waals surface area contributed by atoms with Gasteiger partial charge in [0.05, 0.1) is 27.0 Å². The van der Waals surface area contributed by atoms with Gasteiger partial charge in [-0.05, 0) is 0 Å². The summed E-state index contributed by atoms with van der Waals surface area (Å²) in [5, 5.41) is 0. The fourth-order valence-corrected chi connectivity index (χ4v) is 1.70. The molecule has 0 saturated carbocycles. The molecule has 0 unspecified atom stereocenters. The first-order valence-corrected chi connectivity index (χ1v) is 5.85. The molecule has 1 aromatic carbocycles. The predicted molar refractivity (Wildman–Crippen MR) is 73.2 cm³/mol. The Balaban J connectivity index is 3.21. The standard InChI is InChI=1S/C13H20N2O4/c1-15(13(16)5-6-14)9-7-11(18-3)12(19-4)8-10(9)17-2/h7-8H,5-6,14H2,1-4H3. The first-order chi connectivity index (χ1) is 9.08. The molecule has 0 aliphatic rings. The fraction of sp³-hybridized carbons (Fsp3) is 0.462. The van der Waals surface area contributed by atoms with Crippen LogP contribution in [0.2, 0.25) is 0 Å². The summed E-state index contributed by atoms with van der Waals surface area (Å²) in [7, 11) is 6.28. The number of nitrogens with zero attached hydrogens (tertiary/aromatic N) is 1. The molecule has 6 nitrogen and oxygen atoms in total. The average molecular weight is 268 g/mol. The zero-order chi connectivity index (χ0) is 14.4. The van der Waals surface area contributed by atoms with Gasteiger partial charge in [0, 0.05) is 32.1 Å². The van der Waals surface area contributed by atoms with Gasteiger partial charge in [0.15, 0.2) is 11.5 Å². The summed E-state index contributed by atoms with van der Waals surface area (Å²) in [6, 6.07) is 3.38. The SMILES string of the molecule is COc1cc(OC)c(N(C)C(=O)CCN)cc1OC. The number of ether oxygens (including phenoxy) is 3. The lowest BCUT2D eigenvalue weighted by Crippen LogP contribution is -2.28. The van der Waals surface area contributed by atoms with Crippen LogP contribution >= 0.6 is 0 Å². The number of anilines is 1. The number of benzene rings is 1. The van der Waals surface area contributed by atoms with Crippen LogP contribution in [0, 0.1) is 0 Å². The van der Waals surface area contributed by atoms with Crippen molar-refractivity contribution < 1.29 is 19.0 Å². The zero-order valence-corrected chi connectivity index (χ0v) is 11.7. The minimum Gasteiger partial charge on any atom is -0.494 e. The molecule has 0 fully saturated rings. The van der Waals surface area contributed by atoms with E-state index < -0.39 is 0 Å². The van der Waals surface area contributed by atoms with Crippen LogP contribution in [0.15, 0.2) is 12.1 Å². The van der Waals surface area contributed by atoms with Gasteiger partial charge in [-0.25, -0.2) is 0 Å². The van der Waals surface area contributed by atoms with E-state index in [1.54, 1.807) is 26.3 Å². The van der Waals surface area contributed by atoms with Crippen molar-refractivity contribution in [2.24, 2.45) is 5.73 Å². The van der Waals surface area contributed by atoms with Gasteiger partial charge in [-0.1, -0.05) is 0 Å². The summed E-state index contributed by atoms with van der Waals surface area (Å²) in [4.78, 5) is 13.4. The van der Waals surface area contributed by atoms with E-state index in [4.69, 9.17) is 19.9 Å². The average Bonchev–Trinajstić information content (AvgIpc) is 2.45. The second-order valence-electron chi connectivity index (χ2n) is 3.87. The number of carbonyl (C=O) groups is 1. The van der Waals surface area contributed by atoms with E-state index in [0.717, 1.165) is 0 Å². The van der Waals surface area contributed by atoms with E-state index >= 15 is 0 Å². The molecule has 0 spiro atoms. The monoisotopic (exact) mass is 268 g/mol. The van der Waals surface area contributed by atoms with Crippen molar-refractivity contribution in [2.45, 2.75) is 6.42 Å². The molecule has 0 aliphatic heterocycles. The van der Waals surface area contributed by atoms with E-state index in [-0.39, 0.29) is 12.3 Å². The Morgan fingerprint density at radius 3 is 2.11 bits per heavy atom. The number of rotatable bonds is 6. The molecule has 1 amide bonds. The third-order valence-electron chi connectivity index (χ3n) is 2.78. The highest BCUT2D eigenvalue weighted by Gasteiger charge is 2.18. The summed E-state index contributed by atoms with van der Waals surface area (Å²) in [5.74, 6) is 1.52. The maximum absolute atomic E-state index is 11.9. The molecule has 0 saturated heterocycles. The normalized spacial score (nSPS) is 9.95. The molecular weight excluding hydrogens is 248 g/mol. The highest BCUT2D eigenvalue weighted by atomic mass is 16.5. The van der Waals surface area contributed by atoms with Crippen LogP contribution in [0.1, 0.15) is 6.42 Å². The highest BCUT2D eigenvalue weighted by molar-refractivity contribution is 5.95. The van der Waals surface area contributed by atoms with Crippen LogP contribution in [0.25, 0.3) is 0 Å². The van der Waals surface area contributed by atoms with Crippen molar-refractivity contribution >= 4 is 11.6 Å². The molecule has 0 aromatic heterocycles. The van der Waals surface area contributed by atoms with Gasteiger partial charge in [0.1, 0.15) is 5.75 Å². The number of hydrogen-bond acceptors (Lipinski definition) is 5. The summed E-state index contributed by atoms with van der Waals surface area (Å²) in [5.41, 5.74) is 6.00. The van der Waals surface area contributed by atoms with Crippen molar-refractivity contribution in [3.05, 3.63) is 12.1 Å². The first kappa shape index (κ1) is 15.1. The van der Waals surface area contributed by atoms with Crippen LogP contribution in [-0.4, -0.2) is 40.8 Å². The van der Waals surface area contributed by atoms with E-state index in [1.807, 2.05) is 0 Å². The van der Waals surface area contributed by atoms with Crippen LogP contribution in [0.3, 0.4) is 0 Å². The van der Waals surface area contributed by atoms with Crippen molar-refractivity contribution in [2.75, 3.05) is 39.8 Å². The van der Waals surface area contributed by atoms with Crippen LogP contribution in [0.5, 0.6) is 17.2 Å². The maximum atomic E-state index is 11.9. The molecule has 0 radical (unpaired) electrons. The van der Waals surface area contributed by atoms with Gasteiger partial charge in [0.25, 0.3) is 0 Å². The maximum Gasteiger partial charge on any atom is 0.228 e.